The Balaban J connectivity index is 2.14. The molecule has 1 aromatic rings. The van der Waals surface area contributed by atoms with Crippen molar-refractivity contribution >= 4 is 0 Å². The molecule has 1 heterocycles. The molecule has 0 amide bonds. The van der Waals surface area contributed by atoms with Gasteiger partial charge in [-0.25, -0.2) is 0 Å². The molecule has 2 atom stereocenters. The number of likely N-dealkylation sites (N-methyl/N-ethyl adjacent to an activating group) is 1. The summed E-state index contributed by atoms with van der Waals surface area (Å²) in [5.74, 6) is 0.992. The smallest absolute Gasteiger partial charge is 0.123 e. The predicted molar refractivity (Wildman–Crippen MR) is 88.9 cm³/mol. The molecule has 1 saturated heterocycles. The fourth-order valence-corrected chi connectivity index (χ4v) is 3.31. The van der Waals surface area contributed by atoms with Gasteiger partial charge in [-0.1, -0.05) is 38.0 Å². The van der Waals surface area contributed by atoms with E-state index in [0.717, 1.165) is 18.8 Å². The predicted octanol–water partition coefficient (Wildman–Crippen LogP) is 3.61. The monoisotopic (exact) mass is 290 g/mol. The SMILES string of the molecule is CCNC(CN1CCCCCC1C)c1ccccc1OC. The van der Waals surface area contributed by atoms with Crippen LogP contribution in [0.2, 0.25) is 0 Å². The third-order valence-corrected chi connectivity index (χ3v) is 4.57. The van der Waals surface area contributed by atoms with Crippen LogP contribution in [0, 0.1) is 0 Å². The van der Waals surface area contributed by atoms with Crippen molar-refractivity contribution in [1.82, 2.24) is 10.2 Å². The van der Waals surface area contributed by atoms with Crippen LogP contribution in [-0.4, -0.2) is 37.7 Å². The highest BCUT2D eigenvalue weighted by Gasteiger charge is 2.22. The topological polar surface area (TPSA) is 24.5 Å². The van der Waals surface area contributed by atoms with Gasteiger partial charge in [-0.3, -0.25) is 4.90 Å². The number of likely N-dealkylation sites (tertiary alicyclic amines) is 1. The summed E-state index contributed by atoms with van der Waals surface area (Å²) in [5.41, 5.74) is 1.28. The van der Waals surface area contributed by atoms with E-state index >= 15 is 0 Å². The lowest BCUT2D eigenvalue weighted by Crippen LogP contribution is -2.40. The Bertz CT molecular complexity index is 421. The molecule has 1 aliphatic rings. The summed E-state index contributed by atoms with van der Waals surface area (Å²) in [5, 5.41) is 3.64. The number of para-hydroxylation sites is 1. The molecular weight excluding hydrogens is 260 g/mol. The second kappa shape index (κ2) is 8.40. The molecule has 21 heavy (non-hydrogen) atoms. The quantitative estimate of drug-likeness (QED) is 0.866. The number of nitrogens with one attached hydrogen (secondary N) is 1. The molecule has 3 heteroatoms. The maximum atomic E-state index is 5.55. The Morgan fingerprint density at radius 2 is 2.10 bits per heavy atom. The molecule has 1 aromatic carbocycles. The molecule has 3 nitrogen and oxygen atoms in total. The van der Waals surface area contributed by atoms with Crippen LogP contribution in [-0.2, 0) is 0 Å². The lowest BCUT2D eigenvalue weighted by Gasteiger charge is -2.32. The zero-order valence-corrected chi connectivity index (χ0v) is 13.8. The van der Waals surface area contributed by atoms with Gasteiger partial charge in [0.15, 0.2) is 0 Å². The number of benzene rings is 1. The van der Waals surface area contributed by atoms with E-state index in [9.17, 15) is 0 Å². The number of methoxy groups -OCH3 is 1. The third kappa shape index (κ3) is 4.45. The number of hydrogen-bond acceptors (Lipinski definition) is 3. The average molecular weight is 290 g/mol. The lowest BCUT2D eigenvalue weighted by molar-refractivity contribution is 0.190. The summed E-state index contributed by atoms with van der Waals surface area (Å²) in [4.78, 5) is 2.65. The molecule has 1 fully saturated rings. The zero-order chi connectivity index (χ0) is 15.1. The number of ether oxygens (including phenoxy) is 1. The van der Waals surface area contributed by atoms with Crippen LogP contribution >= 0.6 is 0 Å². The first-order valence-electron chi connectivity index (χ1n) is 8.36. The first-order valence-corrected chi connectivity index (χ1v) is 8.36. The van der Waals surface area contributed by atoms with Gasteiger partial charge in [-0.2, -0.15) is 0 Å². The van der Waals surface area contributed by atoms with E-state index in [2.05, 4.69) is 42.3 Å². The molecular formula is C18H30N2O. The zero-order valence-electron chi connectivity index (χ0n) is 13.8. The minimum absolute atomic E-state index is 0.340. The molecule has 2 rings (SSSR count). The van der Waals surface area contributed by atoms with Gasteiger partial charge in [0.05, 0.1) is 7.11 Å². The molecule has 0 radical (unpaired) electrons. The van der Waals surface area contributed by atoms with Crippen molar-refractivity contribution in [2.75, 3.05) is 26.7 Å². The Morgan fingerprint density at radius 3 is 2.86 bits per heavy atom. The van der Waals surface area contributed by atoms with Gasteiger partial charge in [-0.15, -0.1) is 0 Å². The standard InChI is InChI=1S/C18H30N2O/c1-4-19-17(16-11-7-8-12-18(16)21-3)14-20-13-9-5-6-10-15(20)2/h7-8,11-12,15,17,19H,4-6,9-10,13-14H2,1-3H3. The summed E-state index contributed by atoms with van der Waals surface area (Å²) in [7, 11) is 1.76. The van der Waals surface area contributed by atoms with Crippen molar-refractivity contribution in [1.29, 1.82) is 0 Å². The molecule has 0 aromatic heterocycles. The van der Waals surface area contributed by atoms with Crippen molar-refractivity contribution in [3.63, 3.8) is 0 Å². The maximum Gasteiger partial charge on any atom is 0.123 e. The molecule has 1 aliphatic heterocycles. The normalized spacial score (nSPS) is 21.8. The average Bonchev–Trinajstić information content (AvgIpc) is 2.71. The van der Waals surface area contributed by atoms with Crippen LogP contribution in [0.25, 0.3) is 0 Å². The van der Waals surface area contributed by atoms with E-state index in [-0.39, 0.29) is 0 Å². The molecule has 2 unspecified atom stereocenters. The summed E-state index contributed by atoms with van der Waals surface area (Å²) in [6.07, 6.45) is 5.40. The Hall–Kier alpha value is -1.06. The fourth-order valence-electron chi connectivity index (χ4n) is 3.31. The van der Waals surface area contributed by atoms with Gasteiger partial charge in [-0.05, 0) is 38.9 Å². The van der Waals surface area contributed by atoms with E-state index in [1.54, 1.807) is 7.11 Å². The number of hydrogen-bond donors (Lipinski definition) is 1. The molecule has 0 saturated carbocycles. The largest absolute Gasteiger partial charge is 0.496 e. The molecule has 0 spiro atoms. The van der Waals surface area contributed by atoms with Gasteiger partial charge in [0, 0.05) is 24.2 Å². The Labute approximate surface area is 129 Å². The molecule has 118 valence electrons. The Kier molecular flexibility index (Phi) is 6.52. The van der Waals surface area contributed by atoms with E-state index in [1.807, 2.05) is 6.07 Å². The maximum absolute atomic E-state index is 5.55. The van der Waals surface area contributed by atoms with Crippen LogP contribution in [0.3, 0.4) is 0 Å². The van der Waals surface area contributed by atoms with E-state index in [1.165, 1.54) is 37.8 Å². The molecule has 1 N–H and O–H groups in total. The third-order valence-electron chi connectivity index (χ3n) is 4.57. The van der Waals surface area contributed by atoms with Gasteiger partial charge in [0.2, 0.25) is 0 Å². The first-order chi connectivity index (χ1) is 10.3. The lowest BCUT2D eigenvalue weighted by atomic mass is 10.0. The summed E-state index contributed by atoms with van der Waals surface area (Å²) >= 11 is 0. The highest BCUT2D eigenvalue weighted by Crippen LogP contribution is 2.27. The first kappa shape index (κ1) is 16.3. The highest BCUT2D eigenvalue weighted by atomic mass is 16.5. The minimum atomic E-state index is 0.340. The van der Waals surface area contributed by atoms with Crippen molar-refractivity contribution in [2.45, 2.75) is 51.6 Å². The summed E-state index contributed by atoms with van der Waals surface area (Å²) < 4.78 is 5.55. The number of nitrogens with zero attached hydrogens (tertiary/aromatic N) is 1. The van der Waals surface area contributed by atoms with Crippen molar-refractivity contribution in [2.24, 2.45) is 0 Å². The van der Waals surface area contributed by atoms with E-state index < -0.39 is 0 Å². The second-order valence-electron chi connectivity index (χ2n) is 6.05. The minimum Gasteiger partial charge on any atom is -0.496 e. The highest BCUT2D eigenvalue weighted by molar-refractivity contribution is 5.36. The van der Waals surface area contributed by atoms with E-state index in [0.29, 0.717) is 12.1 Å². The fraction of sp³-hybridized carbons (Fsp3) is 0.667. The van der Waals surface area contributed by atoms with Gasteiger partial charge in [0.25, 0.3) is 0 Å². The Morgan fingerprint density at radius 1 is 1.29 bits per heavy atom. The van der Waals surface area contributed by atoms with Gasteiger partial charge in [0.1, 0.15) is 5.75 Å². The van der Waals surface area contributed by atoms with Crippen LogP contribution in [0.5, 0.6) is 5.75 Å². The van der Waals surface area contributed by atoms with Crippen molar-refractivity contribution in [3.05, 3.63) is 29.8 Å². The number of rotatable bonds is 6. The summed E-state index contributed by atoms with van der Waals surface area (Å²) in [6.45, 7) is 7.81. The second-order valence-corrected chi connectivity index (χ2v) is 6.05. The molecule has 0 aliphatic carbocycles. The van der Waals surface area contributed by atoms with Crippen LogP contribution in [0.15, 0.2) is 24.3 Å². The van der Waals surface area contributed by atoms with Gasteiger partial charge >= 0.3 is 0 Å². The van der Waals surface area contributed by atoms with Crippen LogP contribution in [0.4, 0.5) is 0 Å². The summed E-state index contributed by atoms with van der Waals surface area (Å²) in [6, 6.07) is 9.42. The van der Waals surface area contributed by atoms with Crippen LogP contribution < -0.4 is 10.1 Å². The van der Waals surface area contributed by atoms with Gasteiger partial charge < -0.3 is 10.1 Å². The molecule has 0 bridgehead atoms. The van der Waals surface area contributed by atoms with Crippen molar-refractivity contribution < 1.29 is 4.74 Å². The van der Waals surface area contributed by atoms with E-state index in [4.69, 9.17) is 4.74 Å². The van der Waals surface area contributed by atoms with Crippen LogP contribution in [0.1, 0.15) is 51.1 Å². The van der Waals surface area contributed by atoms with Crippen molar-refractivity contribution in [3.8, 4) is 5.75 Å².